The SMILES string of the molecule is CN=C(NCCCC(=O)N1CCc2ccccc21)N1CCC(N2CC=CC2)C1.I. The molecule has 0 saturated carbocycles. The maximum absolute atomic E-state index is 12.6. The van der Waals surface area contributed by atoms with Crippen LogP contribution in [0.1, 0.15) is 24.8 Å². The van der Waals surface area contributed by atoms with E-state index >= 15 is 0 Å². The monoisotopic (exact) mass is 509 g/mol. The molecule has 3 aliphatic heterocycles. The molecule has 158 valence electrons. The first kappa shape index (κ1) is 22.1. The Morgan fingerprint density at radius 1 is 1.21 bits per heavy atom. The summed E-state index contributed by atoms with van der Waals surface area (Å²) in [5, 5.41) is 3.46. The van der Waals surface area contributed by atoms with Crippen molar-refractivity contribution in [1.29, 1.82) is 0 Å². The van der Waals surface area contributed by atoms with E-state index in [1.54, 1.807) is 0 Å². The lowest BCUT2D eigenvalue weighted by Crippen LogP contribution is -2.43. The van der Waals surface area contributed by atoms with Crippen molar-refractivity contribution < 1.29 is 4.79 Å². The quantitative estimate of drug-likeness (QED) is 0.218. The molecule has 1 N–H and O–H groups in total. The van der Waals surface area contributed by atoms with Crippen molar-refractivity contribution in [1.82, 2.24) is 15.1 Å². The Balaban J connectivity index is 0.00000240. The summed E-state index contributed by atoms with van der Waals surface area (Å²) in [7, 11) is 1.85. The van der Waals surface area contributed by atoms with Crippen molar-refractivity contribution in [3.8, 4) is 0 Å². The molecule has 4 rings (SSSR count). The zero-order chi connectivity index (χ0) is 19.3. The van der Waals surface area contributed by atoms with Gasteiger partial charge in [0.1, 0.15) is 0 Å². The molecule has 0 bridgehead atoms. The number of benzene rings is 1. The van der Waals surface area contributed by atoms with Crippen LogP contribution in [0.4, 0.5) is 5.69 Å². The minimum atomic E-state index is 0. The summed E-state index contributed by atoms with van der Waals surface area (Å²) >= 11 is 0. The van der Waals surface area contributed by atoms with E-state index in [2.05, 4.69) is 44.4 Å². The van der Waals surface area contributed by atoms with Crippen LogP contribution in [0.5, 0.6) is 0 Å². The number of likely N-dealkylation sites (tertiary alicyclic amines) is 1. The van der Waals surface area contributed by atoms with Crippen LogP contribution in [-0.4, -0.2) is 74.0 Å². The molecule has 1 aromatic carbocycles. The Kier molecular flexibility index (Phi) is 7.94. The molecule has 29 heavy (non-hydrogen) atoms. The smallest absolute Gasteiger partial charge is 0.227 e. The fourth-order valence-electron chi connectivity index (χ4n) is 4.53. The summed E-state index contributed by atoms with van der Waals surface area (Å²) in [6.07, 6.45) is 8.06. The number of aliphatic imine (C=N–C) groups is 1. The van der Waals surface area contributed by atoms with Crippen LogP contribution in [0.25, 0.3) is 0 Å². The Labute approximate surface area is 191 Å². The highest BCUT2D eigenvalue weighted by Gasteiger charge is 2.29. The first-order valence-electron chi connectivity index (χ1n) is 10.5. The standard InChI is InChI=1S/C22H31N5O.HI/c1-23-22(26-15-11-19(17-26)25-13-4-5-14-25)24-12-6-9-21(28)27-16-10-18-7-2-3-8-20(18)27;/h2-5,7-8,19H,6,9-17H2,1H3,(H,23,24);1H. The Bertz CT molecular complexity index is 757. The maximum Gasteiger partial charge on any atom is 0.227 e. The van der Waals surface area contributed by atoms with Crippen molar-refractivity contribution in [2.24, 2.45) is 4.99 Å². The fraction of sp³-hybridized carbons (Fsp3) is 0.545. The van der Waals surface area contributed by atoms with Crippen LogP contribution in [0, 0.1) is 0 Å². The average molecular weight is 509 g/mol. The van der Waals surface area contributed by atoms with Crippen LogP contribution in [0.15, 0.2) is 41.4 Å². The number of nitrogens with one attached hydrogen (secondary N) is 1. The van der Waals surface area contributed by atoms with Crippen molar-refractivity contribution in [3.05, 3.63) is 42.0 Å². The molecule has 3 heterocycles. The number of hydrogen-bond acceptors (Lipinski definition) is 3. The third kappa shape index (κ3) is 5.12. The molecule has 1 unspecified atom stereocenters. The number of hydrogen-bond donors (Lipinski definition) is 1. The lowest BCUT2D eigenvalue weighted by molar-refractivity contribution is -0.118. The Morgan fingerprint density at radius 3 is 2.79 bits per heavy atom. The molecule has 1 fully saturated rings. The summed E-state index contributed by atoms with van der Waals surface area (Å²) in [5.41, 5.74) is 2.38. The van der Waals surface area contributed by atoms with E-state index in [0.717, 1.165) is 63.8 Å². The molecule has 1 amide bonds. The second-order valence-electron chi connectivity index (χ2n) is 7.82. The third-order valence-electron chi connectivity index (χ3n) is 6.08. The van der Waals surface area contributed by atoms with E-state index in [-0.39, 0.29) is 29.9 Å². The summed E-state index contributed by atoms with van der Waals surface area (Å²) in [6, 6.07) is 8.85. The second kappa shape index (κ2) is 10.4. The molecule has 1 saturated heterocycles. The summed E-state index contributed by atoms with van der Waals surface area (Å²) < 4.78 is 0. The van der Waals surface area contributed by atoms with Gasteiger partial charge in [-0.1, -0.05) is 30.4 Å². The van der Waals surface area contributed by atoms with Gasteiger partial charge in [0.05, 0.1) is 0 Å². The Morgan fingerprint density at radius 2 is 2.00 bits per heavy atom. The van der Waals surface area contributed by atoms with Gasteiger partial charge in [-0.3, -0.25) is 14.7 Å². The number of carbonyl (C=O) groups excluding carboxylic acids is 1. The van der Waals surface area contributed by atoms with Crippen LogP contribution >= 0.6 is 24.0 Å². The number of halogens is 1. The molecule has 0 aromatic heterocycles. The first-order chi connectivity index (χ1) is 13.8. The van der Waals surface area contributed by atoms with Crippen molar-refractivity contribution in [2.45, 2.75) is 31.7 Å². The highest BCUT2D eigenvalue weighted by atomic mass is 127. The molecule has 3 aliphatic rings. The number of amides is 1. The van der Waals surface area contributed by atoms with E-state index in [1.807, 2.05) is 24.1 Å². The second-order valence-corrected chi connectivity index (χ2v) is 7.82. The van der Waals surface area contributed by atoms with Crippen molar-refractivity contribution in [2.75, 3.05) is 51.2 Å². The minimum Gasteiger partial charge on any atom is -0.356 e. The molecular weight excluding hydrogens is 477 g/mol. The minimum absolute atomic E-state index is 0. The predicted octanol–water partition coefficient (Wildman–Crippen LogP) is 2.50. The van der Waals surface area contributed by atoms with E-state index < -0.39 is 0 Å². The zero-order valence-electron chi connectivity index (χ0n) is 17.2. The van der Waals surface area contributed by atoms with Gasteiger partial charge in [0.15, 0.2) is 5.96 Å². The molecule has 0 aliphatic carbocycles. The lowest BCUT2D eigenvalue weighted by atomic mass is 10.2. The van der Waals surface area contributed by atoms with Gasteiger partial charge in [0, 0.05) is 64.5 Å². The third-order valence-corrected chi connectivity index (χ3v) is 6.08. The van der Waals surface area contributed by atoms with Gasteiger partial charge in [0.2, 0.25) is 5.91 Å². The highest BCUT2D eigenvalue weighted by Crippen LogP contribution is 2.28. The summed E-state index contributed by atoms with van der Waals surface area (Å²) in [6.45, 7) is 5.82. The van der Waals surface area contributed by atoms with Crippen molar-refractivity contribution in [3.63, 3.8) is 0 Å². The molecule has 0 spiro atoms. The average Bonchev–Trinajstić information content (AvgIpc) is 3.47. The molecule has 7 heteroatoms. The number of anilines is 1. The first-order valence-corrected chi connectivity index (χ1v) is 10.5. The van der Waals surface area contributed by atoms with E-state index in [4.69, 9.17) is 0 Å². The number of para-hydroxylation sites is 1. The molecule has 1 atom stereocenters. The molecule has 0 radical (unpaired) electrons. The number of rotatable bonds is 5. The number of fused-ring (bicyclic) bond motifs is 1. The van der Waals surface area contributed by atoms with Crippen LogP contribution in [0.2, 0.25) is 0 Å². The van der Waals surface area contributed by atoms with Crippen LogP contribution in [-0.2, 0) is 11.2 Å². The number of nitrogens with zero attached hydrogens (tertiary/aromatic N) is 4. The molecule has 6 nitrogen and oxygen atoms in total. The topological polar surface area (TPSA) is 51.2 Å². The van der Waals surface area contributed by atoms with Crippen LogP contribution < -0.4 is 10.2 Å². The normalized spacial score (nSPS) is 21.4. The van der Waals surface area contributed by atoms with Crippen molar-refractivity contribution >= 4 is 41.5 Å². The fourth-order valence-corrected chi connectivity index (χ4v) is 4.53. The van der Waals surface area contributed by atoms with E-state index in [9.17, 15) is 4.79 Å². The predicted molar refractivity (Wildman–Crippen MR) is 129 cm³/mol. The van der Waals surface area contributed by atoms with Gasteiger partial charge in [-0.25, -0.2) is 0 Å². The van der Waals surface area contributed by atoms with Gasteiger partial charge < -0.3 is 15.1 Å². The summed E-state index contributed by atoms with van der Waals surface area (Å²) in [5.74, 6) is 1.19. The van der Waals surface area contributed by atoms with Gasteiger partial charge in [0.25, 0.3) is 0 Å². The number of carbonyl (C=O) groups is 1. The van der Waals surface area contributed by atoms with Gasteiger partial charge in [-0.2, -0.15) is 0 Å². The molecular formula is C22H32IN5O. The number of guanidine groups is 1. The van der Waals surface area contributed by atoms with E-state index in [0.29, 0.717) is 12.5 Å². The van der Waals surface area contributed by atoms with Gasteiger partial charge in [-0.05, 0) is 30.9 Å². The van der Waals surface area contributed by atoms with Gasteiger partial charge in [-0.15, -0.1) is 24.0 Å². The molecule has 1 aromatic rings. The van der Waals surface area contributed by atoms with Crippen LogP contribution in [0.3, 0.4) is 0 Å². The van der Waals surface area contributed by atoms with E-state index in [1.165, 1.54) is 12.0 Å². The zero-order valence-corrected chi connectivity index (χ0v) is 19.5. The maximum atomic E-state index is 12.6. The highest BCUT2D eigenvalue weighted by molar-refractivity contribution is 14.0. The lowest BCUT2D eigenvalue weighted by Gasteiger charge is -2.25. The Hall–Kier alpha value is -1.61. The largest absolute Gasteiger partial charge is 0.356 e. The van der Waals surface area contributed by atoms with Gasteiger partial charge >= 0.3 is 0 Å². The summed E-state index contributed by atoms with van der Waals surface area (Å²) in [4.78, 5) is 23.9.